The molecule has 1 amide bonds. The molecule has 1 aromatic carbocycles. The van der Waals surface area contributed by atoms with Gasteiger partial charge in [0, 0.05) is 11.9 Å². The molecule has 3 aromatic heterocycles. The number of anilines is 1. The first-order valence-electron chi connectivity index (χ1n) is 7.72. The Hall–Kier alpha value is -3.46. The highest BCUT2D eigenvalue weighted by Crippen LogP contribution is 2.23. The Morgan fingerprint density at radius 2 is 2.12 bits per heavy atom. The smallest absolute Gasteiger partial charge is 0.323 e. The van der Waals surface area contributed by atoms with Crippen molar-refractivity contribution in [2.75, 3.05) is 5.32 Å². The van der Waals surface area contributed by atoms with Gasteiger partial charge < -0.3 is 19.8 Å². The zero-order valence-corrected chi connectivity index (χ0v) is 14.2. The van der Waals surface area contributed by atoms with Crippen LogP contribution in [0.5, 0.6) is 0 Å². The molecular weight excluding hydrogens is 354 g/mol. The first kappa shape index (κ1) is 16.0. The van der Waals surface area contributed by atoms with Crippen LogP contribution in [0.15, 0.2) is 57.3 Å². The van der Waals surface area contributed by atoms with Crippen LogP contribution < -0.4 is 11.0 Å². The van der Waals surface area contributed by atoms with E-state index < -0.39 is 11.6 Å². The number of para-hydroxylation sites is 1. The lowest BCUT2D eigenvalue weighted by Gasteiger charge is -2.08. The van der Waals surface area contributed by atoms with Crippen molar-refractivity contribution < 1.29 is 9.32 Å². The lowest BCUT2D eigenvalue weighted by atomic mass is 10.1. The number of hydrogen-bond acceptors (Lipinski definition) is 6. The van der Waals surface area contributed by atoms with Crippen LogP contribution in [-0.2, 0) is 6.42 Å². The Labute approximate surface area is 150 Å². The lowest BCUT2D eigenvalue weighted by molar-refractivity contribution is 0.102. The molecule has 0 spiro atoms. The van der Waals surface area contributed by atoms with Gasteiger partial charge in [0.05, 0.1) is 11.3 Å². The number of hydrogen-bond donors (Lipinski definition) is 3. The Morgan fingerprint density at radius 1 is 1.23 bits per heavy atom. The fraction of sp³-hybridized carbons (Fsp3) is 0.0588. The quantitative estimate of drug-likeness (QED) is 0.501. The molecule has 3 N–H and O–H groups in total. The summed E-state index contributed by atoms with van der Waals surface area (Å²) in [4.78, 5) is 33.5. The van der Waals surface area contributed by atoms with Gasteiger partial charge in [0.15, 0.2) is 0 Å². The molecule has 8 nitrogen and oxygen atoms in total. The minimum atomic E-state index is -0.435. The highest BCUT2D eigenvalue weighted by molar-refractivity contribution is 7.13. The number of amides is 1. The van der Waals surface area contributed by atoms with Gasteiger partial charge in [-0.2, -0.15) is 4.98 Å². The largest absolute Gasteiger partial charge is 0.339 e. The highest BCUT2D eigenvalue weighted by Gasteiger charge is 2.14. The van der Waals surface area contributed by atoms with E-state index in [1.807, 2.05) is 35.7 Å². The van der Waals surface area contributed by atoms with Gasteiger partial charge in [-0.25, -0.2) is 4.79 Å². The fourth-order valence-electron chi connectivity index (χ4n) is 2.44. The maximum absolute atomic E-state index is 12.2. The summed E-state index contributed by atoms with van der Waals surface area (Å²) in [5.74, 6) is 0.576. The Bertz CT molecular complexity index is 1090. The number of aromatic nitrogens is 4. The van der Waals surface area contributed by atoms with Crippen molar-refractivity contribution in [3.63, 3.8) is 0 Å². The van der Waals surface area contributed by atoms with E-state index in [4.69, 9.17) is 4.52 Å². The van der Waals surface area contributed by atoms with E-state index in [0.29, 0.717) is 23.8 Å². The van der Waals surface area contributed by atoms with E-state index in [0.717, 1.165) is 10.4 Å². The number of H-pyrrole nitrogens is 2. The zero-order valence-electron chi connectivity index (χ0n) is 13.4. The summed E-state index contributed by atoms with van der Waals surface area (Å²) in [5, 5.41) is 8.71. The van der Waals surface area contributed by atoms with Gasteiger partial charge in [0.1, 0.15) is 5.69 Å². The molecule has 0 atom stereocenters. The van der Waals surface area contributed by atoms with Crippen LogP contribution >= 0.6 is 11.3 Å². The highest BCUT2D eigenvalue weighted by atomic mass is 32.1. The molecular formula is C17H13N5O3S. The van der Waals surface area contributed by atoms with Crippen LogP contribution in [0.4, 0.5) is 5.69 Å². The standard InChI is InChI=1S/C17H13N5O3S/c23-16(12-9-18-17(24)20-12)19-11-5-2-1-4-10(11)8-14-21-15(22-25-14)13-6-3-7-26-13/h1-7,9H,8H2,(H,19,23)(H2,18,20,24). The zero-order chi connectivity index (χ0) is 17.9. The minimum absolute atomic E-state index is 0.155. The van der Waals surface area contributed by atoms with Crippen molar-refractivity contribution in [1.29, 1.82) is 0 Å². The molecule has 26 heavy (non-hydrogen) atoms. The lowest BCUT2D eigenvalue weighted by Crippen LogP contribution is -2.15. The van der Waals surface area contributed by atoms with E-state index in [9.17, 15) is 9.59 Å². The van der Waals surface area contributed by atoms with E-state index >= 15 is 0 Å². The fourth-order valence-corrected chi connectivity index (χ4v) is 3.09. The molecule has 0 aliphatic rings. The molecule has 0 fully saturated rings. The topological polar surface area (TPSA) is 117 Å². The molecule has 0 radical (unpaired) electrons. The number of thiophene rings is 1. The van der Waals surface area contributed by atoms with Crippen molar-refractivity contribution in [2.45, 2.75) is 6.42 Å². The second-order valence-electron chi connectivity index (χ2n) is 5.43. The normalized spacial score (nSPS) is 10.8. The second kappa shape index (κ2) is 6.81. The maximum atomic E-state index is 12.2. The van der Waals surface area contributed by atoms with Crippen molar-refractivity contribution >= 4 is 22.9 Å². The average molecular weight is 367 g/mol. The van der Waals surface area contributed by atoms with Crippen molar-refractivity contribution in [2.24, 2.45) is 0 Å². The third-order valence-corrected chi connectivity index (χ3v) is 4.52. The van der Waals surface area contributed by atoms with Gasteiger partial charge in [-0.3, -0.25) is 4.79 Å². The number of rotatable bonds is 5. The first-order valence-corrected chi connectivity index (χ1v) is 8.60. The number of aromatic amines is 2. The van der Waals surface area contributed by atoms with E-state index in [1.54, 1.807) is 6.07 Å². The summed E-state index contributed by atoms with van der Waals surface area (Å²) in [6, 6.07) is 11.2. The number of nitrogens with zero attached hydrogens (tertiary/aromatic N) is 2. The third-order valence-electron chi connectivity index (χ3n) is 3.66. The molecule has 130 valence electrons. The summed E-state index contributed by atoms with van der Waals surface area (Å²) >= 11 is 1.53. The molecule has 0 saturated heterocycles. The van der Waals surface area contributed by atoms with Crippen LogP contribution in [-0.4, -0.2) is 26.0 Å². The molecule has 3 heterocycles. The molecule has 0 saturated carbocycles. The number of benzene rings is 1. The molecule has 4 aromatic rings. The summed E-state index contributed by atoms with van der Waals surface area (Å²) in [5.41, 5.74) is 1.15. The number of nitrogens with one attached hydrogen (secondary N) is 3. The van der Waals surface area contributed by atoms with Crippen LogP contribution in [0.25, 0.3) is 10.7 Å². The van der Waals surface area contributed by atoms with Crippen LogP contribution in [0.3, 0.4) is 0 Å². The predicted molar refractivity (Wildman–Crippen MR) is 96.2 cm³/mol. The van der Waals surface area contributed by atoms with Crippen molar-refractivity contribution in [3.8, 4) is 10.7 Å². The summed E-state index contributed by atoms with van der Waals surface area (Å²) in [7, 11) is 0. The van der Waals surface area contributed by atoms with E-state index in [2.05, 4.69) is 25.4 Å². The Kier molecular flexibility index (Phi) is 4.20. The average Bonchev–Trinajstić information content (AvgIpc) is 3.37. The van der Waals surface area contributed by atoms with Gasteiger partial charge in [-0.05, 0) is 23.1 Å². The first-order chi connectivity index (χ1) is 12.7. The maximum Gasteiger partial charge on any atom is 0.323 e. The van der Waals surface area contributed by atoms with E-state index in [-0.39, 0.29) is 5.69 Å². The Morgan fingerprint density at radius 3 is 2.88 bits per heavy atom. The molecule has 0 aliphatic carbocycles. The summed E-state index contributed by atoms with van der Waals surface area (Å²) in [6.45, 7) is 0. The van der Waals surface area contributed by atoms with Crippen molar-refractivity contribution in [1.82, 2.24) is 20.1 Å². The van der Waals surface area contributed by atoms with Crippen LogP contribution in [0, 0.1) is 0 Å². The van der Waals surface area contributed by atoms with Gasteiger partial charge in [0.2, 0.25) is 11.7 Å². The monoisotopic (exact) mass is 367 g/mol. The number of carbonyl (C=O) groups is 1. The molecule has 0 unspecified atom stereocenters. The minimum Gasteiger partial charge on any atom is -0.339 e. The third kappa shape index (κ3) is 3.33. The van der Waals surface area contributed by atoms with Crippen LogP contribution in [0.1, 0.15) is 21.9 Å². The van der Waals surface area contributed by atoms with E-state index in [1.165, 1.54) is 17.5 Å². The predicted octanol–water partition coefficient (Wildman–Crippen LogP) is 2.66. The van der Waals surface area contributed by atoms with Crippen LogP contribution in [0.2, 0.25) is 0 Å². The van der Waals surface area contributed by atoms with Gasteiger partial charge in [0.25, 0.3) is 5.91 Å². The van der Waals surface area contributed by atoms with Crippen molar-refractivity contribution in [3.05, 3.63) is 75.6 Å². The van der Waals surface area contributed by atoms with Gasteiger partial charge in [-0.1, -0.05) is 29.4 Å². The Balaban J connectivity index is 1.54. The SMILES string of the molecule is O=C(Nc1ccccc1Cc1nc(-c2cccs2)no1)c1c[nH]c(=O)[nH]1. The summed E-state index contributed by atoms with van der Waals surface area (Å²) in [6.07, 6.45) is 1.70. The second-order valence-corrected chi connectivity index (χ2v) is 6.38. The number of imidazole rings is 1. The molecule has 0 bridgehead atoms. The number of carbonyl (C=O) groups excluding carboxylic acids is 1. The molecule has 0 aliphatic heterocycles. The molecule has 9 heteroatoms. The van der Waals surface area contributed by atoms with Gasteiger partial charge >= 0.3 is 5.69 Å². The van der Waals surface area contributed by atoms with Gasteiger partial charge in [-0.15, -0.1) is 11.3 Å². The summed E-state index contributed by atoms with van der Waals surface area (Å²) < 4.78 is 5.32. The molecule has 4 rings (SSSR count).